The summed E-state index contributed by atoms with van der Waals surface area (Å²) < 4.78 is 11.2. The number of ether oxygens (including phenoxy) is 2. The number of carboxylic acid groups (broad SMARTS) is 2. The number of hydrogen-bond donors (Lipinski definition) is 2. The summed E-state index contributed by atoms with van der Waals surface area (Å²) >= 11 is 0. The molecule has 4 aliphatic rings. The van der Waals surface area contributed by atoms with Gasteiger partial charge in [-0.3, -0.25) is 19.4 Å². The molecule has 0 aliphatic carbocycles. The Kier molecular flexibility index (Phi) is 8.08. The van der Waals surface area contributed by atoms with Crippen molar-refractivity contribution >= 4 is 11.9 Å². The summed E-state index contributed by atoms with van der Waals surface area (Å²) in [5.74, 6) is -1.96. The quantitative estimate of drug-likeness (QED) is 0.277. The third kappa shape index (κ3) is 6.19. The van der Waals surface area contributed by atoms with Crippen molar-refractivity contribution in [2.24, 2.45) is 23.2 Å². The minimum atomic E-state index is -1.77. The van der Waals surface area contributed by atoms with E-state index in [1.54, 1.807) is 6.92 Å². The van der Waals surface area contributed by atoms with Crippen molar-refractivity contribution in [3.8, 4) is 0 Å². The van der Waals surface area contributed by atoms with Gasteiger partial charge in [0.25, 0.3) is 0 Å². The molecule has 8 heteroatoms. The lowest BCUT2D eigenvalue weighted by molar-refractivity contribution is -0.169. The predicted molar refractivity (Wildman–Crippen MR) is 151 cm³/mol. The number of rotatable bonds is 11. The van der Waals surface area contributed by atoms with E-state index in [1.165, 1.54) is 0 Å². The molecule has 2 unspecified atom stereocenters. The normalized spacial score (nSPS) is 31.5. The molecule has 2 atom stereocenters. The van der Waals surface area contributed by atoms with E-state index < -0.39 is 17.4 Å². The van der Waals surface area contributed by atoms with Gasteiger partial charge in [-0.2, -0.15) is 0 Å². The van der Waals surface area contributed by atoms with Crippen LogP contribution in [0.25, 0.3) is 0 Å². The molecule has 4 heterocycles. The van der Waals surface area contributed by atoms with Gasteiger partial charge < -0.3 is 19.7 Å². The van der Waals surface area contributed by atoms with Gasteiger partial charge in [0, 0.05) is 35.2 Å². The summed E-state index contributed by atoms with van der Waals surface area (Å²) in [6, 6.07) is 0. The second kappa shape index (κ2) is 10.2. The maximum atomic E-state index is 12.6. The lowest BCUT2D eigenvalue weighted by Crippen LogP contribution is -2.65. The van der Waals surface area contributed by atoms with E-state index in [0.717, 1.165) is 52.0 Å². The zero-order chi connectivity index (χ0) is 29.2. The van der Waals surface area contributed by atoms with Crippen LogP contribution in [0.15, 0.2) is 0 Å². The van der Waals surface area contributed by atoms with E-state index in [9.17, 15) is 19.8 Å². The fourth-order valence-corrected chi connectivity index (χ4v) is 8.97. The number of carboxylic acids is 2. The first-order valence-corrected chi connectivity index (χ1v) is 15.1. The Bertz CT molecular complexity index is 831. The summed E-state index contributed by atoms with van der Waals surface area (Å²) in [5, 5.41) is 20.6. The number of hydrogen-bond acceptors (Lipinski definition) is 6. The fourth-order valence-electron chi connectivity index (χ4n) is 8.97. The lowest BCUT2D eigenvalue weighted by Gasteiger charge is -2.60. The first kappa shape index (κ1) is 30.7. The predicted octanol–water partition coefficient (Wildman–Crippen LogP) is 4.89. The molecular weight excluding hydrogens is 496 g/mol. The van der Waals surface area contributed by atoms with Crippen molar-refractivity contribution < 1.29 is 29.3 Å². The minimum Gasteiger partial charge on any atom is -0.480 e. The Hall–Kier alpha value is -1.22. The minimum absolute atomic E-state index is 0.00657. The van der Waals surface area contributed by atoms with Gasteiger partial charge in [-0.25, -0.2) is 0 Å². The van der Waals surface area contributed by atoms with Crippen LogP contribution in [-0.2, 0) is 19.1 Å². The van der Waals surface area contributed by atoms with Crippen LogP contribution in [0.2, 0.25) is 0 Å². The molecule has 0 spiro atoms. The topological polar surface area (TPSA) is 106 Å². The third-order valence-corrected chi connectivity index (χ3v) is 10.8. The molecule has 8 nitrogen and oxygen atoms in total. The summed E-state index contributed by atoms with van der Waals surface area (Å²) in [4.78, 5) is 30.4. The molecule has 2 N–H and O–H groups in total. The average Bonchev–Trinajstić information content (AvgIpc) is 3.68. The number of epoxide rings is 2. The standard InChI is InChI=1S/C31H54N2O6/c1-10-31(25(34)35,26(36)37)15-24(20-11-27(2,3)32(16-22-18-38-22)28(4,5)12-20)21-13-29(6,7)33(17-23-19-39-23)30(8,9)14-21/h20-24H,10-19H2,1-9H3,(H,34,35)(H,36,37). The molecule has 0 aromatic heterocycles. The summed E-state index contributed by atoms with van der Waals surface area (Å²) in [5.41, 5.74) is -2.19. The van der Waals surface area contributed by atoms with Crippen molar-refractivity contribution in [3.63, 3.8) is 0 Å². The highest BCUT2D eigenvalue weighted by Crippen LogP contribution is 2.54. The van der Waals surface area contributed by atoms with Gasteiger partial charge in [-0.1, -0.05) is 6.92 Å². The van der Waals surface area contributed by atoms with Gasteiger partial charge in [-0.05, 0) is 112 Å². The number of aliphatic carboxylic acids is 2. The number of likely N-dealkylation sites (tertiary alicyclic amines) is 2. The van der Waals surface area contributed by atoms with Crippen molar-refractivity contribution in [2.45, 2.75) is 135 Å². The third-order valence-electron chi connectivity index (χ3n) is 10.8. The molecule has 0 saturated carbocycles. The van der Waals surface area contributed by atoms with Crippen LogP contribution in [0.4, 0.5) is 0 Å². The van der Waals surface area contributed by atoms with Crippen LogP contribution >= 0.6 is 0 Å². The van der Waals surface area contributed by atoms with Crippen LogP contribution in [0.3, 0.4) is 0 Å². The Morgan fingerprint density at radius 3 is 1.28 bits per heavy atom. The van der Waals surface area contributed by atoms with Crippen LogP contribution in [0, 0.1) is 23.2 Å². The van der Waals surface area contributed by atoms with Crippen molar-refractivity contribution in [3.05, 3.63) is 0 Å². The molecule has 4 aliphatic heterocycles. The van der Waals surface area contributed by atoms with E-state index >= 15 is 0 Å². The van der Waals surface area contributed by atoms with Gasteiger partial charge >= 0.3 is 11.9 Å². The maximum absolute atomic E-state index is 12.6. The zero-order valence-electron chi connectivity index (χ0n) is 25.9. The van der Waals surface area contributed by atoms with Gasteiger partial charge in [-0.15, -0.1) is 0 Å². The molecule has 0 bridgehead atoms. The molecule has 39 heavy (non-hydrogen) atoms. The van der Waals surface area contributed by atoms with Crippen molar-refractivity contribution in [1.82, 2.24) is 9.80 Å². The van der Waals surface area contributed by atoms with E-state index in [4.69, 9.17) is 9.47 Å². The van der Waals surface area contributed by atoms with Gasteiger partial charge in [0.2, 0.25) is 0 Å². The molecule has 4 fully saturated rings. The SMILES string of the molecule is CCC(CC(C1CC(C)(C)N(CC2CO2)C(C)(C)C1)C1CC(C)(C)N(CC2CO2)C(C)(C)C1)(C(=O)O)C(=O)O. The fraction of sp³-hybridized carbons (Fsp3) is 0.935. The monoisotopic (exact) mass is 550 g/mol. The molecule has 0 amide bonds. The van der Waals surface area contributed by atoms with Crippen LogP contribution in [-0.4, -0.2) is 92.6 Å². The molecule has 4 saturated heterocycles. The summed E-state index contributed by atoms with van der Waals surface area (Å²) in [7, 11) is 0. The van der Waals surface area contributed by atoms with Crippen LogP contribution in [0.1, 0.15) is 101 Å². The highest BCUT2D eigenvalue weighted by Gasteiger charge is 2.56. The first-order valence-electron chi connectivity index (χ1n) is 15.1. The Morgan fingerprint density at radius 2 is 1.05 bits per heavy atom. The van der Waals surface area contributed by atoms with Crippen molar-refractivity contribution in [2.75, 3.05) is 26.3 Å². The molecule has 0 radical (unpaired) electrons. The number of carbonyl (C=O) groups is 2. The first-order chi connectivity index (χ1) is 17.8. The van der Waals surface area contributed by atoms with Crippen molar-refractivity contribution in [1.29, 1.82) is 0 Å². The smallest absolute Gasteiger partial charge is 0.321 e. The van der Waals surface area contributed by atoms with Crippen LogP contribution < -0.4 is 0 Å². The van der Waals surface area contributed by atoms with E-state index in [0.29, 0.717) is 12.2 Å². The van der Waals surface area contributed by atoms with E-state index in [-0.39, 0.29) is 52.8 Å². The molecule has 4 rings (SSSR count). The molecule has 224 valence electrons. The summed E-state index contributed by atoms with van der Waals surface area (Å²) in [6.07, 6.45) is 4.54. The van der Waals surface area contributed by atoms with Gasteiger partial charge in [0.1, 0.15) is 0 Å². The lowest BCUT2D eigenvalue weighted by atomic mass is 9.57. The highest BCUT2D eigenvalue weighted by molar-refractivity contribution is 5.98. The van der Waals surface area contributed by atoms with E-state index in [1.807, 2.05) is 0 Å². The molecular formula is C31H54N2O6. The Balaban J connectivity index is 1.71. The van der Waals surface area contributed by atoms with Gasteiger partial charge in [0.05, 0.1) is 25.4 Å². The average molecular weight is 551 g/mol. The highest BCUT2D eigenvalue weighted by atomic mass is 16.6. The Morgan fingerprint density at radius 1 is 0.744 bits per heavy atom. The molecule has 0 aromatic rings. The number of nitrogens with zero attached hydrogens (tertiary/aromatic N) is 2. The molecule has 0 aromatic carbocycles. The zero-order valence-corrected chi connectivity index (χ0v) is 25.9. The largest absolute Gasteiger partial charge is 0.480 e. The Labute approximate surface area is 235 Å². The van der Waals surface area contributed by atoms with Gasteiger partial charge in [0.15, 0.2) is 5.41 Å². The van der Waals surface area contributed by atoms with Crippen LogP contribution in [0.5, 0.6) is 0 Å². The van der Waals surface area contributed by atoms with E-state index in [2.05, 4.69) is 65.2 Å². The second-order valence-corrected chi connectivity index (χ2v) is 15.6. The number of piperidine rings is 2. The second-order valence-electron chi connectivity index (χ2n) is 15.6. The summed E-state index contributed by atoms with van der Waals surface area (Å²) in [6.45, 7) is 23.6. The maximum Gasteiger partial charge on any atom is 0.321 e.